The molecule has 0 aromatic heterocycles. The van der Waals surface area contributed by atoms with Crippen molar-refractivity contribution in [2.24, 2.45) is 5.10 Å². The number of hydrazone groups is 1. The second-order valence-electron chi connectivity index (χ2n) is 6.63. The topological polar surface area (TPSA) is 83.0 Å². The summed E-state index contributed by atoms with van der Waals surface area (Å²) in [4.78, 5) is 26.4. The minimum atomic E-state index is -0.489. The second-order valence-corrected chi connectivity index (χ2v) is 6.63. The summed E-state index contributed by atoms with van der Waals surface area (Å²) in [6.07, 6.45) is 1.99. The van der Waals surface area contributed by atoms with Crippen LogP contribution in [0.4, 0.5) is 11.4 Å². The summed E-state index contributed by atoms with van der Waals surface area (Å²) in [6, 6.07) is 13.3. The highest BCUT2D eigenvalue weighted by Crippen LogP contribution is 2.24. The minimum Gasteiger partial charge on any atom is -0.496 e. The normalized spacial score (nSPS) is 10.7. The first-order valence-electron chi connectivity index (χ1n) is 10.1. The predicted molar refractivity (Wildman–Crippen MR) is 121 cm³/mol. The lowest BCUT2D eigenvalue weighted by Crippen LogP contribution is -2.25. The average molecular weight is 411 g/mol. The van der Waals surface area contributed by atoms with Crippen LogP contribution < -0.4 is 20.4 Å². The SMILES string of the molecule is CCc1ccccc1NC(=O)CC(=O)NN=Cc1ccc(N(CC)CC)cc1OC. The van der Waals surface area contributed by atoms with Crippen molar-refractivity contribution >= 4 is 29.4 Å². The first-order chi connectivity index (χ1) is 14.5. The van der Waals surface area contributed by atoms with E-state index in [4.69, 9.17) is 4.74 Å². The highest BCUT2D eigenvalue weighted by Gasteiger charge is 2.11. The molecule has 0 heterocycles. The maximum absolute atomic E-state index is 12.1. The lowest BCUT2D eigenvalue weighted by molar-refractivity contribution is -0.126. The molecule has 2 rings (SSSR count). The molecule has 0 aliphatic carbocycles. The zero-order valence-corrected chi connectivity index (χ0v) is 18.1. The average Bonchev–Trinajstić information content (AvgIpc) is 2.75. The van der Waals surface area contributed by atoms with E-state index in [1.165, 1.54) is 6.21 Å². The van der Waals surface area contributed by atoms with Gasteiger partial charge in [-0.25, -0.2) is 5.43 Å². The summed E-state index contributed by atoms with van der Waals surface area (Å²) < 4.78 is 5.44. The Morgan fingerprint density at radius 3 is 2.47 bits per heavy atom. The zero-order chi connectivity index (χ0) is 21.9. The Kier molecular flexibility index (Phi) is 8.87. The quantitative estimate of drug-likeness (QED) is 0.356. The van der Waals surface area contributed by atoms with E-state index in [0.717, 1.165) is 42.0 Å². The van der Waals surface area contributed by atoms with Crippen LogP contribution in [0.15, 0.2) is 47.6 Å². The molecule has 0 saturated carbocycles. The van der Waals surface area contributed by atoms with Crippen LogP contribution in [0.1, 0.15) is 38.3 Å². The third-order valence-corrected chi connectivity index (χ3v) is 4.73. The van der Waals surface area contributed by atoms with Gasteiger partial charge in [0, 0.05) is 36.1 Å². The number of anilines is 2. The standard InChI is InChI=1S/C23H30N4O3/c1-5-17-10-8-9-11-20(17)25-22(28)15-23(29)26-24-16-18-12-13-19(14-21(18)30-4)27(6-2)7-3/h8-14,16H,5-7,15H2,1-4H3,(H,25,28)(H,26,29). The van der Waals surface area contributed by atoms with Crippen LogP contribution in [-0.4, -0.2) is 38.2 Å². The van der Waals surface area contributed by atoms with E-state index in [-0.39, 0.29) is 12.3 Å². The van der Waals surface area contributed by atoms with E-state index in [0.29, 0.717) is 5.75 Å². The van der Waals surface area contributed by atoms with Gasteiger partial charge in [0.15, 0.2) is 0 Å². The highest BCUT2D eigenvalue weighted by molar-refractivity contribution is 6.04. The van der Waals surface area contributed by atoms with Crippen molar-refractivity contribution in [2.45, 2.75) is 33.6 Å². The van der Waals surface area contributed by atoms with Gasteiger partial charge in [0.05, 0.1) is 13.3 Å². The molecule has 0 bridgehead atoms. The maximum Gasteiger partial charge on any atom is 0.249 e. The zero-order valence-electron chi connectivity index (χ0n) is 18.1. The number of methoxy groups -OCH3 is 1. The molecule has 2 aromatic carbocycles. The number of carbonyl (C=O) groups is 2. The molecule has 7 heteroatoms. The van der Waals surface area contributed by atoms with Gasteiger partial charge in [-0.2, -0.15) is 5.10 Å². The molecule has 2 N–H and O–H groups in total. The highest BCUT2D eigenvalue weighted by atomic mass is 16.5. The first-order valence-corrected chi connectivity index (χ1v) is 10.1. The second kappa shape index (κ2) is 11.6. The van der Waals surface area contributed by atoms with Gasteiger partial charge in [0.1, 0.15) is 12.2 Å². The molecule has 30 heavy (non-hydrogen) atoms. The van der Waals surface area contributed by atoms with Crippen molar-refractivity contribution in [3.8, 4) is 5.75 Å². The molecule has 0 fully saturated rings. The molecule has 0 aliphatic rings. The molecule has 160 valence electrons. The Hall–Kier alpha value is -3.35. The molecule has 0 spiro atoms. The number of aryl methyl sites for hydroxylation is 1. The van der Waals surface area contributed by atoms with Gasteiger partial charge < -0.3 is 15.0 Å². The van der Waals surface area contributed by atoms with Gasteiger partial charge in [-0.1, -0.05) is 25.1 Å². The number of nitrogens with zero attached hydrogens (tertiary/aromatic N) is 2. The number of hydrogen-bond acceptors (Lipinski definition) is 5. The Balaban J connectivity index is 1.94. The van der Waals surface area contributed by atoms with Crippen LogP contribution in [0.2, 0.25) is 0 Å². The van der Waals surface area contributed by atoms with Crippen molar-refractivity contribution in [2.75, 3.05) is 30.4 Å². The van der Waals surface area contributed by atoms with Crippen molar-refractivity contribution < 1.29 is 14.3 Å². The Bertz CT molecular complexity index is 892. The Morgan fingerprint density at radius 1 is 1.07 bits per heavy atom. The number of carbonyl (C=O) groups excluding carboxylic acids is 2. The van der Waals surface area contributed by atoms with E-state index in [9.17, 15) is 9.59 Å². The minimum absolute atomic E-state index is 0.312. The van der Waals surface area contributed by atoms with E-state index >= 15 is 0 Å². The van der Waals surface area contributed by atoms with Crippen LogP contribution in [0.5, 0.6) is 5.75 Å². The summed E-state index contributed by atoms with van der Waals surface area (Å²) in [7, 11) is 1.59. The predicted octanol–water partition coefficient (Wildman–Crippen LogP) is 3.58. The van der Waals surface area contributed by atoms with Crippen LogP contribution >= 0.6 is 0 Å². The number of rotatable bonds is 10. The lowest BCUT2D eigenvalue weighted by atomic mass is 10.1. The molecule has 0 saturated heterocycles. The smallest absolute Gasteiger partial charge is 0.249 e. The number of benzene rings is 2. The Labute approximate surface area is 178 Å². The molecule has 0 radical (unpaired) electrons. The number of hydrogen-bond donors (Lipinski definition) is 2. The number of nitrogens with one attached hydrogen (secondary N) is 2. The van der Waals surface area contributed by atoms with E-state index in [2.05, 4.69) is 34.6 Å². The van der Waals surface area contributed by atoms with Gasteiger partial charge in [0.2, 0.25) is 11.8 Å². The fourth-order valence-corrected chi connectivity index (χ4v) is 3.10. The van der Waals surface area contributed by atoms with Crippen LogP contribution in [0.3, 0.4) is 0 Å². The van der Waals surface area contributed by atoms with Crippen LogP contribution in [0.25, 0.3) is 0 Å². The van der Waals surface area contributed by atoms with Crippen molar-refractivity contribution in [1.82, 2.24) is 5.43 Å². The number of ether oxygens (including phenoxy) is 1. The molecular formula is C23H30N4O3. The molecule has 0 atom stereocenters. The van der Waals surface area contributed by atoms with Crippen molar-refractivity contribution in [1.29, 1.82) is 0 Å². The van der Waals surface area contributed by atoms with Crippen LogP contribution in [0, 0.1) is 0 Å². The van der Waals surface area contributed by atoms with Crippen molar-refractivity contribution in [3.63, 3.8) is 0 Å². The van der Waals surface area contributed by atoms with Crippen molar-refractivity contribution in [3.05, 3.63) is 53.6 Å². The van der Waals surface area contributed by atoms with E-state index < -0.39 is 5.91 Å². The largest absolute Gasteiger partial charge is 0.496 e. The number of para-hydroxylation sites is 1. The van der Waals surface area contributed by atoms with Gasteiger partial charge in [0.25, 0.3) is 0 Å². The van der Waals surface area contributed by atoms with E-state index in [1.807, 2.05) is 49.4 Å². The molecule has 7 nitrogen and oxygen atoms in total. The molecule has 0 unspecified atom stereocenters. The van der Waals surface area contributed by atoms with Crippen LogP contribution in [-0.2, 0) is 16.0 Å². The molecular weight excluding hydrogens is 380 g/mol. The summed E-state index contributed by atoms with van der Waals surface area (Å²) in [5.74, 6) is -0.215. The third-order valence-electron chi connectivity index (χ3n) is 4.73. The fourth-order valence-electron chi connectivity index (χ4n) is 3.10. The van der Waals surface area contributed by atoms with Gasteiger partial charge in [-0.15, -0.1) is 0 Å². The molecule has 0 aliphatic heterocycles. The first kappa shape index (κ1) is 22.9. The summed E-state index contributed by atoms with van der Waals surface area (Å²) in [5, 5.41) is 6.73. The lowest BCUT2D eigenvalue weighted by Gasteiger charge is -2.21. The van der Waals surface area contributed by atoms with Gasteiger partial charge in [-0.05, 0) is 44.0 Å². The Morgan fingerprint density at radius 2 is 1.80 bits per heavy atom. The molecule has 2 amide bonds. The van der Waals surface area contributed by atoms with E-state index in [1.54, 1.807) is 7.11 Å². The number of amides is 2. The monoisotopic (exact) mass is 410 g/mol. The summed E-state index contributed by atoms with van der Waals surface area (Å²) in [6.45, 7) is 7.99. The third kappa shape index (κ3) is 6.34. The molecule has 2 aromatic rings. The summed E-state index contributed by atoms with van der Waals surface area (Å²) in [5.41, 5.74) is 5.92. The van der Waals surface area contributed by atoms with Gasteiger partial charge >= 0.3 is 0 Å². The van der Waals surface area contributed by atoms with Gasteiger partial charge in [-0.3, -0.25) is 9.59 Å². The maximum atomic E-state index is 12.1. The summed E-state index contributed by atoms with van der Waals surface area (Å²) >= 11 is 0. The fraction of sp³-hybridized carbons (Fsp3) is 0.348.